The van der Waals surface area contributed by atoms with Gasteiger partial charge in [0.1, 0.15) is 0 Å². The number of thiophene rings is 1. The highest BCUT2D eigenvalue weighted by Gasteiger charge is 2.24. The van der Waals surface area contributed by atoms with E-state index in [4.69, 9.17) is 16.7 Å². The van der Waals surface area contributed by atoms with E-state index >= 15 is 0 Å². The number of hydrogen-bond acceptors (Lipinski definition) is 4. The third-order valence-corrected chi connectivity index (χ3v) is 3.36. The zero-order valence-corrected chi connectivity index (χ0v) is 11.8. The fourth-order valence-electron chi connectivity index (χ4n) is 1.30. The average molecular weight is 304 g/mol. The summed E-state index contributed by atoms with van der Waals surface area (Å²) in [6.45, 7) is 1.22. The van der Waals surface area contributed by atoms with Crippen LogP contribution >= 0.6 is 22.9 Å². The Morgan fingerprint density at radius 3 is 2.74 bits per heavy atom. The number of carboxylic acids is 1. The second kappa shape index (κ2) is 6.70. The number of aliphatic hydroxyl groups is 1. The van der Waals surface area contributed by atoms with Gasteiger partial charge in [-0.25, -0.2) is 0 Å². The van der Waals surface area contributed by atoms with Gasteiger partial charge in [-0.1, -0.05) is 11.6 Å². The smallest absolute Gasteiger partial charge is 0.306 e. The number of nitrogens with one attached hydrogen (secondary N) is 1. The maximum Gasteiger partial charge on any atom is 0.306 e. The lowest BCUT2D eigenvalue weighted by atomic mass is 10.0. The molecule has 5 nitrogen and oxygen atoms in total. The molecule has 0 saturated heterocycles. The molecule has 0 radical (unpaired) electrons. The van der Waals surface area contributed by atoms with Crippen molar-refractivity contribution in [1.82, 2.24) is 5.32 Å². The summed E-state index contributed by atoms with van der Waals surface area (Å²) in [5, 5.41) is 20.7. The zero-order valence-electron chi connectivity index (χ0n) is 10.2. The molecular formula is C12H14ClNO4S. The lowest BCUT2D eigenvalue weighted by Gasteiger charge is -2.20. The molecule has 3 N–H and O–H groups in total. The summed E-state index contributed by atoms with van der Waals surface area (Å²) in [6, 6.07) is 3.50. The molecule has 0 spiro atoms. The first-order valence-corrected chi connectivity index (χ1v) is 6.63. The molecule has 0 aliphatic carbocycles. The van der Waals surface area contributed by atoms with Crippen LogP contribution in [0.3, 0.4) is 0 Å². The third kappa shape index (κ3) is 6.37. The lowest BCUT2D eigenvalue weighted by molar-refractivity contribution is -0.142. The summed E-state index contributed by atoms with van der Waals surface area (Å²) in [5.74, 6) is -1.53. The largest absolute Gasteiger partial charge is 0.481 e. The van der Waals surface area contributed by atoms with Crippen LogP contribution in [-0.2, 0) is 9.59 Å². The molecule has 1 aromatic rings. The van der Waals surface area contributed by atoms with E-state index in [1.807, 2.05) is 0 Å². The van der Waals surface area contributed by atoms with Gasteiger partial charge in [0.25, 0.3) is 0 Å². The Hall–Kier alpha value is -1.37. The van der Waals surface area contributed by atoms with Gasteiger partial charge < -0.3 is 15.5 Å². The number of carbonyl (C=O) groups excluding carboxylic acids is 1. The second-order valence-corrected chi connectivity index (χ2v) is 6.01. The Labute approximate surface area is 119 Å². The summed E-state index contributed by atoms with van der Waals surface area (Å²) in [7, 11) is 0. The van der Waals surface area contributed by atoms with Crippen molar-refractivity contribution in [3.8, 4) is 0 Å². The third-order valence-electron chi connectivity index (χ3n) is 2.17. The van der Waals surface area contributed by atoms with Gasteiger partial charge >= 0.3 is 5.97 Å². The van der Waals surface area contributed by atoms with Crippen LogP contribution in [0.2, 0.25) is 4.34 Å². The van der Waals surface area contributed by atoms with Crippen LogP contribution in [-0.4, -0.2) is 34.2 Å². The van der Waals surface area contributed by atoms with Crippen molar-refractivity contribution in [2.45, 2.75) is 18.9 Å². The zero-order chi connectivity index (χ0) is 14.5. The molecule has 0 aliphatic heterocycles. The maximum atomic E-state index is 11.5. The summed E-state index contributed by atoms with van der Waals surface area (Å²) < 4.78 is 0.629. The minimum absolute atomic E-state index is 0.131. The fraction of sp³-hybridized carbons (Fsp3) is 0.333. The Morgan fingerprint density at radius 2 is 2.21 bits per heavy atom. The van der Waals surface area contributed by atoms with Crippen LogP contribution < -0.4 is 5.32 Å². The first-order valence-electron chi connectivity index (χ1n) is 5.44. The fourth-order valence-corrected chi connectivity index (χ4v) is 2.26. The van der Waals surface area contributed by atoms with Crippen LogP contribution in [0.4, 0.5) is 0 Å². The summed E-state index contributed by atoms with van der Waals surface area (Å²) >= 11 is 7.07. The van der Waals surface area contributed by atoms with Crippen LogP contribution in [0.1, 0.15) is 18.2 Å². The Kier molecular flexibility index (Phi) is 5.53. The predicted octanol–water partition coefficient (Wildman–Crippen LogP) is 1.76. The molecule has 0 aromatic carbocycles. The summed E-state index contributed by atoms with van der Waals surface area (Å²) in [6.07, 6.45) is 2.47. The van der Waals surface area contributed by atoms with E-state index in [1.54, 1.807) is 18.2 Å². The van der Waals surface area contributed by atoms with E-state index in [2.05, 4.69) is 5.32 Å². The average Bonchev–Trinajstić information content (AvgIpc) is 2.68. The molecular weight excluding hydrogens is 290 g/mol. The molecule has 0 fully saturated rings. The van der Waals surface area contributed by atoms with E-state index in [0.717, 1.165) is 4.88 Å². The van der Waals surface area contributed by atoms with Gasteiger partial charge in [-0.3, -0.25) is 9.59 Å². The van der Waals surface area contributed by atoms with Gasteiger partial charge in [0.05, 0.1) is 16.4 Å². The predicted molar refractivity (Wildman–Crippen MR) is 74.2 cm³/mol. The highest BCUT2D eigenvalue weighted by Crippen LogP contribution is 2.22. The monoisotopic (exact) mass is 303 g/mol. The van der Waals surface area contributed by atoms with Crippen LogP contribution in [0.5, 0.6) is 0 Å². The number of hydrogen-bond donors (Lipinski definition) is 3. The minimum Gasteiger partial charge on any atom is -0.481 e. The van der Waals surface area contributed by atoms with Crippen molar-refractivity contribution >= 4 is 40.9 Å². The van der Waals surface area contributed by atoms with Crippen molar-refractivity contribution in [2.75, 3.05) is 6.54 Å². The number of halogens is 1. The van der Waals surface area contributed by atoms with E-state index in [-0.39, 0.29) is 6.54 Å². The first-order chi connectivity index (χ1) is 8.78. The molecule has 1 rings (SSSR count). The van der Waals surface area contributed by atoms with Crippen molar-refractivity contribution in [1.29, 1.82) is 0 Å². The van der Waals surface area contributed by atoms with Gasteiger partial charge in [-0.15, -0.1) is 11.3 Å². The van der Waals surface area contributed by atoms with Gasteiger partial charge in [-0.05, 0) is 25.1 Å². The van der Waals surface area contributed by atoms with Crippen LogP contribution in [0.15, 0.2) is 18.2 Å². The van der Waals surface area contributed by atoms with Crippen LogP contribution in [0.25, 0.3) is 6.08 Å². The van der Waals surface area contributed by atoms with E-state index in [9.17, 15) is 14.7 Å². The van der Waals surface area contributed by atoms with Crippen LogP contribution in [0, 0.1) is 0 Å². The van der Waals surface area contributed by atoms with E-state index in [0.29, 0.717) is 4.34 Å². The molecule has 0 aliphatic rings. The van der Waals surface area contributed by atoms with Gasteiger partial charge in [0.2, 0.25) is 5.91 Å². The molecule has 19 heavy (non-hydrogen) atoms. The number of carboxylic acid groups (broad SMARTS) is 1. The Balaban J connectivity index is 2.43. The van der Waals surface area contributed by atoms with Crippen molar-refractivity contribution in [2.24, 2.45) is 0 Å². The van der Waals surface area contributed by atoms with Crippen molar-refractivity contribution in [3.63, 3.8) is 0 Å². The van der Waals surface area contributed by atoms with Gasteiger partial charge in [0.15, 0.2) is 0 Å². The standard InChI is InChI=1S/C12H14ClNO4S/c1-12(18,6-11(16)17)7-14-10(15)5-3-8-2-4-9(13)19-8/h2-5,18H,6-7H2,1H3,(H,14,15)(H,16,17). The minimum atomic E-state index is -1.47. The molecule has 0 bridgehead atoms. The molecule has 1 unspecified atom stereocenters. The number of rotatable bonds is 6. The molecule has 0 saturated carbocycles. The Bertz CT molecular complexity index is 496. The number of aliphatic carboxylic acids is 1. The van der Waals surface area contributed by atoms with Gasteiger partial charge in [0, 0.05) is 17.5 Å². The van der Waals surface area contributed by atoms with E-state index in [1.165, 1.54) is 24.3 Å². The maximum absolute atomic E-state index is 11.5. The lowest BCUT2D eigenvalue weighted by Crippen LogP contribution is -2.41. The topological polar surface area (TPSA) is 86.6 Å². The highest BCUT2D eigenvalue weighted by molar-refractivity contribution is 7.17. The molecule has 1 amide bonds. The molecule has 1 heterocycles. The molecule has 7 heteroatoms. The number of carbonyl (C=O) groups is 2. The molecule has 1 aromatic heterocycles. The van der Waals surface area contributed by atoms with Crippen molar-refractivity contribution < 1.29 is 19.8 Å². The molecule has 104 valence electrons. The quantitative estimate of drug-likeness (QED) is 0.699. The normalized spacial score (nSPS) is 14.3. The summed E-state index contributed by atoms with van der Waals surface area (Å²) in [4.78, 5) is 22.8. The SMILES string of the molecule is CC(O)(CNC(=O)C=Cc1ccc(Cl)s1)CC(=O)O. The van der Waals surface area contributed by atoms with Crippen molar-refractivity contribution in [3.05, 3.63) is 27.4 Å². The summed E-state index contributed by atoms with van der Waals surface area (Å²) in [5.41, 5.74) is -1.47. The number of amides is 1. The van der Waals surface area contributed by atoms with E-state index < -0.39 is 23.9 Å². The second-order valence-electron chi connectivity index (χ2n) is 4.26. The highest BCUT2D eigenvalue weighted by atomic mass is 35.5. The first kappa shape index (κ1) is 15.7. The van der Waals surface area contributed by atoms with Gasteiger partial charge in [-0.2, -0.15) is 0 Å². The Morgan fingerprint density at radius 1 is 1.53 bits per heavy atom. The molecule has 1 atom stereocenters.